The molecule has 1 spiro atoms. The number of allylic oxidation sites excluding steroid dienone is 1. The molecule has 0 radical (unpaired) electrons. The number of hydrogen-bond donors (Lipinski definition) is 2. The molecule has 3 aliphatic heterocycles. The molecule has 2 bridgehead atoms. The summed E-state index contributed by atoms with van der Waals surface area (Å²) < 4.78 is 18.6. The van der Waals surface area contributed by atoms with Crippen LogP contribution in [0.25, 0.3) is 0 Å². The number of nitrogens with one attached hydrogen (secondary N) is 1. The van der Waals surface area contributed by atoms with Crippen LogP contribution < -0.4 is 5.32 Å². The Morgan fingerprint density at radius 3 is 2.26 bits per heavy atom. The van der Waals surface area contributed by atoms with E-state index in [9.17, 15) is 19.5 Å². The summed E-state index contributed by atoms with van der Waals surface area (Å²) in [5, 5.41) is 13.9. The zero-order chi connectivity index (χ0) is 38.2. The van der Waals surface area contributed by atoms with Gasteiger partial charge in [0.05, 0.1) is 43.2 Å². The summed E-state index contributed by atoms with van der Waals surface area (Å²) in [6.45, 7) is 7.64. The lowest BCUT2D eigenvalue weighted by molar-refractivity contribution is -0.163. The number of amides is 3. The van der Waals surface area contributed by atoms with Crippen LogP contribution in [0.15, 0.2) is 116 Å². The smallest absolute Gasteiger partial charge is 0.313 e. The van der Waals surface area contributed by atoms with Crippen molar-refractivity contribution in [1.82, 2.24) is 15.1 Å². The number of benzene rings is 3. The van der Waals surface area contributed by atoms with Crippen LogP contribution in [0, 0.1) is 11.8 Å². The fraction of sp³-hybridized carbons (Fsp3) is 0.395. The number of esters is 1. The molecule has 6 rings (SSSR count). The summed E-state index contributed by atoms with van der Waals surface area (Å²) >= 11 is 0. The van der Waals surface area contributed by atoms with Crippen LogP contribution in [0.3, 0.4) is 0 Å². The van der Waals surface area contributed by atoms with E-state index < -0.39 is 66.3 Å². The van der Waals surface area contributed by atoms with Crippen LogP contribution in [-0.4, -0.2) is 89.3 Å². The van der Waals surface area contributed by atoms with Crippen LogP contribution in [0.2, 0.25) is 0 Å². The van der Waals surface area contributed by atoms with Crippen molar-refractivity contribution in [3.8, 4) is 0 Å². The number of aliphatic hydroxyl groups excluding tert-OH is 1. The Kier molecular flexibility index (Phi) is 12.4. The first kappa shape index (κ1) is 38.6. The van der Waals surface area contributed by atoms with E-state index in [0.717, 1.165) is 5.56 Å². The second kappa shape index (κ2) is 17.4. The molecule has 0 aliphatic carbocycles. The highest BCUT2D eigenvalue weighted by Gasteiger charge is 2.76. The second-order valence-electron chi connectivity index (χ2n) is 14.1. The van der Waals surface area contributed by atoms with E-state index >= 15 is 4.79 Å². The minimum absolute atomic E-state index is 0.0454. The van der Waals surface area contributed by atoms with Gasteiger partial charge < -0.3 is 34.4 Å². The van der Waals surface area contributed by atoms with Gasteiger partial charge in [-0.1, -0.05) is 103 Å². The lowest BCUT2D eigenvalue weighted by Crippen LogP contribution is -2.57. The Hall–Kier alpha value is -5.10. The van der Waals surface area contributed by atoms with Gasteiger partial charge in [0.15, 0.2) is 0 Å². The Morgan fingerprint density at radius 1 is 1.00 bits per heavy atom. The molecule has 0 aromatic heterocycles. The van der Waals surface area contributed by atoms with Crippen molar-refractivity contribution in [3.63, 3.8) is 0 Å². The highest BCUT2D eigenvalue weighted by atomic mass is 16.6. The van der Waals surface area contributed by atoms with Crippen molar-refractivity contribution in [2.24, 2.45) is 11.8 Å². The zero-order valence-corrected chi connectivity index (χ0v) is 30.6. The van der Waals surface area contributed by atoms with Crippen LogP contribution in [0.1, 0.15) is 54.5 Å². The molecule has 3 aliphatic rings. The minimum Gasteiger partial charge on any atom is -0.455 e. The largest absolute Gasteiger partial charge is 0.455 e. The summed E-state index contributed by atoms with van der Waals surface area (Å²) in [5.41, 5.74) is 0.821. The van der Waals surface area contributed by atoms with Crippen LogP contribution in [-0.2, 0) is 39.9 Å². The molecule has 3 fully saturated rings. The van der Waals surface area contributed by atoms with E-state index in [4.69, 9.17) is 14.2 Å². The fourth-order valence-corrected chi connectivity index (χ4v) is 8.49. The molecule has 3 aromatic carbocycles. The number of carbonyl (C=O) groups excluding carboxylic acids is 4. The molecule has 8 atom stereocenters. The van der Waals surface area contributed by atoms with Crippen molar-refractivity contribution >= 4 is 23.7 Å². The van der Waals surface area contributed by atoms with E-state index in [1.807, 2.05) is 66.7 Å². The van der Waals surface area contributed by atoms with Crippen LogP contribution in [0.5, 0.6) is 0 Å². The Bertz CT molecular complexity index is 1790. The third-order valence-corrected chi connectivity index (χ3v) is 10.8. The Labute approximate surface area is 316 Å². The Balaban J connectivity index is 1.38. The number of carbonyl (C=O) groups is 4. The molecular weight excluding hydrogens is 686 g/mol. The van der Waals surface area contributed by atoms with Gasteiger partial charge in [0.25, 0.3) is 0 Å². The highest BCUT2D eigenvalue weighted by Crippen LogP contribution is 2.60. The zero-order valence-electron chi connectivity index (χ0n) is 30.6. The first-order valence-corrected chi connectivity index (χ1v) is 18.5. The van der Waals surface area contributed by atoms with Gasteiger partial charge in [0.1, 0.15) is 17.7 Å². The fourth-order valence-electron chi connectivity index (χ4n) is 8.49. The molecule has 54 heavy (non-hydrogen) atoms. The molecule has 3 amide bonds. The van der Waals surface area contributed by atoms with Crippen molar-refractivity contribution in [1.29, 1.82) is 0 Å². The van der Waals surface area contributed by atoms with E-state index in [-0.39, 0.29) is 37.9 Å². The molecule has 284 valence electrons. The first-order chi connectivity index (χ1) is 26.3. The topological polar surface area (TPSA) is 135 Å². The highest BCUT2D eigenvalue weighted by molar-refractivity contribution is 5.98. The van der Waals surface area contributed by atoms with Gasteiger partial charge in [-0.05, 0) is 36.0 Å². The lowest BCUT2D eigenvalue weighted by Gasteiger charge is -2.39. The number of hydrogen-bond acceptors (Lipinski definition) is 8. The van der Waals surface area contributed by atoms with Gasteiger partial charge in [0.2, 0.25) is 17.7 Å². The number of rotatable bonds is 18. The Morgan fingerprint density at radius 2 is 1.65 bits per heavy atom. The number of methoxy groups -OCH3 is 1. The van der Waals surface area contributed by atoms with Crippen molar-refractivity contribution in [2.75, 3.05) is 26.9 Å². The minimum atomic E-state index is -1.35. The monoisotopic (exact) mass is 735 g/mol. The summed E-state index contributed by atoms with van der Waals surface area (Å²) in [5.74, 6) is -3.85. The molecule has 3 heterocycles. The van der Waals surface area contributed by atoms with Gasteiger partial charge in [-0.15, -0.1) is 13.2 Å². The number of likely N-dealkylation sites (tertiary alicyclic amines) is 1. The quantitative estimate of drug-likeness (QED) is 0.142. The summed E-state index contributed by atoms with van der Waals surface area (Å²) in [6, 6.07) is 24.9. The maximum absolute atomic E-state index is 15.0. The predicted octanol–water partition coefficient (Wildman–Crippen LogP) is 4.69. The van der Waals surface area contributed by atoms with Gasteiger partial charge in [0, 0.05) is 26.6 Å². The lowest BCUT2D eigenvalue weighted by atomic mass is 9.70. The van der Waals surface area contributed by atoms with Crippen molar-refractivity contribution in [2.45, 2.75) is 68.2 Å². The number of fused-ring (bicyclic) bond motifs is 1. The third-order valence-electron chi connectivity index (χ3n) is 10.8. The second-order valence-corrected chi connectivity index (χ2v) is 14.1. The standard InChI is InChI=1S/C43H49N3O8/c1-4-6-22-35(48)44-32(28-52-3)38(31-20-14-9-15-21-31)53-42(51)36-34-23-24-43(54-34)37(36)40(49)46(33(27-47)30-18-12-8-13-19-30)39(43)41(50)45(25-5-2)26-29-16-10-7-11-17-29/h4-5,7-21,32-34,36-39,47H,1-2,6,22-28H2,3H3,(H,44,48)/t32-,33-,34+,36-,37-,38-,39+,43-/m1/s1. The molecule has 0 saturated carbocycles. The average molecular weight is 736 g/mol. The van der Waals surface area contributed by atoms with Gasteiger partial charge >= 0.3 is 5.97 Å². The molecule has 2 N–H and O–H groups in total. The molecular formula is C43H49N3O8. The van der Waals surface area contributed by atoms with E-state index in [1.165, 1.54) is 12.0 Å². The van der Waals surface area contributed by atoms with Gasteiger partial charge in [-0.2, -0.15) is 0 Å². The van der Waals surface area contributed by atoms with E-state index in [2.05, 4.69) is 18.5 Å². The molecule has 11 nitrogen and oxygen atoms in total. The number of nitrogens with zero attached hydrogens (tertiary/aromatic N) is 2. The number of ether oxygens (including phenoxy) is 3. The predicted molar refractivity (Wildman–Crippen MR) is 201 cm³/mol. The molecule has 3 saturated heterocycles. The number of aliphatic hydroxyl groups is 1. The third kappa shape index (κ3) is 7.62. The van der Waals surface area contributed by atoms with Crippen molar-refractivity contribution < 1.29 is 38.5 Å². The van der Waals surface area contributed by atoms with E-state index in [1.54, 1.807) is 41.3 Å². The van der Waals surface area contributed by atoms with Crippen LogP contribution in [0.4, 0.5) is 0 Å². The van der Waals surface area contributed by atoms with Gasteiger partial charge in [-0.25, -0.2) is 0 Å². The summed E-state index contributed by atoms with van der Waals surface area (Å²) in [4.78, 5) is 60.7. The maximum atomic E-state index is 15.0. The summed E-state index contributed by atoms with van der Waals surface area (Å²) in [6.07, 6.45) is 3.10. The molecule has 11 heteroatoms. The molecule has 3 aromatic rings. The average Bonchev–Trinajstić information content (AvgIpc) is 3.84. The molecule has 0 unspecified atom stereocenters. The van der Waals surface area contributed by atoms with E-state index in [0.29, 0.717) is 30.4 Å². The first-order valence-electron chi connectivity index (χ1n) is 18.5. The van der Waals surface area contributed by atoms with Crippen molar-refractivity contribution in [3.05, 3.63) is 133 Å². The SMILES string of the molecule is C=CCCC(=O)N[C@H](COC)[C@H](OC(=O)[C@@H]1[C@@H]2CC[C@]3(O2)[C@H](C(=O)N(CC=C)Cc2ccccc2)N([C@H](CO)c2ccccc2)C(=O)[C@@H]13)c1ccccc1. The van der Waals surface area contributed by atoms with Crippen LogP contribution >= 0.6 is 0 Å². The normalized spacial score (nSPS) is 24.3. The van der Waals surface area contributed by atoms with Gasteiger partial charge in [-0.3, -0.25) is 19.2 Å². The summed E-state index contributed by atoms with van der Waals surface area (Å²) in [7, 11) is 1.50. The maximum Gasteiger partial charge on any atom is 0.313 e.